The number of unbranched alkanes of at least 4 members (excludes halogenated alkanes) is 1. The summed E-state index contributed by atoms with van der Waals surface area (Å²) in [5, 5.41) is 3.23. The number of carbonyl (C=O) groups excluding carboxylic acids is 2. The van der Waals surface area contributed by atoms with Crippen LogP contribution in [0.5, 0.6) is 0 Å². The van der Waals surface area contributed by atoms with Gasteiger partial charge in [-0.1, -0.05) is 60.8 Å². The molecule has 0 aliphatic carbocycles. The Morgan fingerprint density at radius 1 is 1.12 bits per heavy atom. The molecule has 1 atom stereocenters. The van der Waals surface area contributed by atoms with Crippen molar-refractivity contribution in [3.05, 3.63) is 64.2 Å². The van der Waals surface area contributed by atoms with Gasteiger partial charge in [-0.15, -0.1) is 0 Å². The Bertz CT molecular complexity index is 1120. The lowest BCUT2D eigenvalue weighted by molar-refractivity contribution is -0.139. The lowest BCUT2D eigenvalue weighted by Crippen LogP contribution is -2.51. The van der Waals surface area contributed by atoms with Gasteiger partial charge in [-0.2, -0.15) is 0 Å². The fourth-order valence-electron chi connectivity index (χ4n) is 3.57. The summed E-state index contributed by atoms with van der Waals surface area (Å²) < 4.78 is 26.4. The molecule has 0 saturated heterocycles. The number of nitrogens with one attached hydrogen (secondary N) is 1. The second kappa shape index (κ2) is 12.2. The van der Waals surface area contributed by atoms with Gasteiger partial charge in [0.1, 0.15) is 12.6 Å². The van der Waals surface area contributed by atoms with E-state index in [9.17, 15) is 18.0 Å². The van der Waals surface area contributed by atoms with Crippen molar-refractivity contribution in [2.75, 3.05) is 23.7 Å². The Hall–Kier alpha value is -2.58. The molecule has 0 spiro atoms. The molecule has 7 nitrogen and oxygen atoms in total. The minimum Gasteiger partial charge on any atom is -0.354 e. The van der Waals surface area contributed by atoms with Crippen LogP contribution < -0.4 is 9.62 Å². The molecule has 2 aromatic rings. The number of hydrogen-bond acceptors (Lipinski definition) is 4. The number of aryl methyl sites for hydroxylation is 2. The van der Waals surface area contributed by atoms with Crippen LogP contribution in [0.1, 0.15) is 43.4 Å². The molecule has 9 heteroatoms. The smallest absolute Gasteiger partial charge is 0.244 e. The number of carbonyl (C=O) groups is 2. The van der Waals surface area contributed by atoms with Crippen molar-refractivity contribution in [1.29, 1.82) is 0 Å². The first kappa shape index (κ1) is 27.7. The lowest BCUT2D eigenvalue weighted by Gasteiger charge is -2.32. The van der Waals surface area contributed by atoms with Gasteiger partial charge < -0.3 is 10.2 Å². The highest BCUT2D eigenvalue weighted by molar-refractivity contribution is 7.92. The molecule has 2 aromatic carbocycles. The largest absolute Gasteiger partial charge is 0.354 e. The van der Waals surface area contributed by atoms with Crippen LogP contribution in [-0.4, -0.2) is 50.5 Å². The van der Waals surface area contributed by atoms with Gasteiger partial charge in [-0.3, -0.25) is 13.9 Å². The predicted molar refractivity (Wildman–Crippen MR) is 137 cm³/mol. The van der Waals surface area contributed by atoms with E-state index in [-0.39, 0.29) is 12.5 Å². The molecule has 0 saturated carbocycles. The summed E-state index contributed by atoms with van der Waals surface area (Å²) in [6.07, 6.45) is 2.81. The molecular weight excluding hydrogens is 474 g/mol. The molecule has 1 unspecified atom stereocenters. The highest BCUT2D eigenvalue weighted by Crippen LogP contribution is 2.26. The summed E-state index contributed by atoms with van der Waals surface area (Å²) in [5.41, 5.74) is 2.88. The number of halogens is 1. The first-order chi connectivity index (χ1) is 15.9. The van der Waals surface area contributed by atoms with E-state index in [1.54, 1.807) is 26.0 Å². The summed E-state index contributed by atoms with van der Waals surface area (Å²) in [6.45, 7) is 7.63. The molecule has 2 rings (SSSR count). The van der Waals surface area contributed by atoms with Gasteiger partial charge >= 0.3 is 0 Å². The van der Waals surface area contributed by atoms with Crippen molar-refractivity contribution in [1.82, 2.24) is 10.2 Å². The average Bonchev–Trinajstić information content (AvgIpc) is 2.76. The third-order valence-corrected chi connectivity index (χ3v) is 6.91. The summed E-state index contributed by atoms with van der Waals surface area (Å²) in [4.78, 5) is 27.8. The fraction of sp³-hybridized carbons (Fsp3) is 0.440. The van der Waals surface area contributed by atoms with Gasteiger partial charge in [0.15, 0.2) is 0 Å². The van der Waals surface area contributed by atoms with Gasteiger partial charge in [0, 0.05) is 18.1 Å². The number of amides is 2. The number of sulfonamides is 1. The van der Waals surface area contributed by atoms with Gasteiger partial charge in [-0.05, 0) is 50.5 Å². The maximum Gasteiger partial charge on any atom is 0.244 e. The highest BCUT2D eigenvalue weighted by Gasteiger charge is 2.30. The molecule has 0 aliphatic heterocycles. The van der Waals surface area contributed by atoms with E-state index < -0.39 is 28.5 Å². The Balaban J connectivity index is 2.39. The first-order valence-electron chi connectivity index (χ1n) is 11.3. The van der Waals surface area contributed by atoms with E-state index in [1.807, 2.05) is 38.1 Å². The Kier molecular flexibility index (Phi) is 9.94. The lowest BCUT2D eigenvalue weighted by atomic mass is 10.1. The van der Waals surface area contributed by atoms with Crippen LogP contribution >= 0.6 is 11.6 Å². The van der Waals surface area contributed by atoms with E-state index in [2.05, 4.69) is 5.32 Å². The SMILES string of the molecule is CCCCNC(=O)C(C)N(Cc1cccc(C)c1)C(=O)CN(c1cc(Cl)ccc1C)S(C)(=O)=O. The van der Waals surface area contributed by atoms with Crippen molar-refractivity contribution in [3.63, 3.8) is 0 Å². The highest BCUT2D eigenvalue weighted by atomic mass is 35.5. The molecule has 186 valence electrons. The minimum absolute atomic E-state index is 0.176. The zero-order chi connectivity index (χ0) is 25.5. The molecule has 0 radical (unpaired) electrons. The van der Waals surface area contributed by atoms with Crippen molar-refractivity contribution in [2.24, 2.45) is 0 Å². The quantitative estimate of drug-likeness (QED) is 0.465. The molecule has 34 heavy (non-hydrogen) atoms. The third-order valence-electron chi connectivity index (χ3n) is 5.55. The molecule has 0 fully saturated rings. The molecule has 0 bridgehead atoms. The normalized spacial score (nSPS) is 12.2. The molecule has 0 aromatic heterocycles. The Morgan fingerprint density at radius 2 is 1.82 bits per heavy atom. The number of hydrogen-bond donors (Lipinski definition) is 1. The van der Waals surface area contributed by atoms with Crippen LogP contribution in [0.4, 0.5) is 5.69 Å². The van der Waals surface area contributed by atoms with E-state index >= 15 is 0 Å². The molecular formula is C25H34ClN3O4S. The number of benzene rings is 2. The van der Waals surface area contributed by atoms with Gasteiger partial charge in [0.05, 0.1) is 11.9 Å². The Labute approximate surface area is 208 Å². The zero-order valence-corrected chi connectivity index (χ0v) is 22.0. The summed E-state index contributed by atoms with van der Waals surface area (Å²) in [6, 6.07) is 11.8. The maximum absolute atomic E-state index is 13.5. The minimum atomic E-state index is -3.80. The van der Waals surface area contributed by atoms with E-state index in [0.29, 0.717) is 22.8 Å². The molecule has 0 heterocycles. The number of nitrogens with zero attached hydrogens (tertiary/aromatic N) is 2. The Morgan fingerprint density at radius 3 is 2.44 bits per heavy atom. The summed E-state index contributed by atoms with van der Waals surface area (Å²) >= 11 is 6.11. The fourth-order valence-corrected chi connectivity index (χ4v) is 4.64. The van der Waals surface area contributed by atoms with Crippen molar-refractivity contribution < 1.29 is 18.0 Å². The van der Waals surface area contributed by atoms with Crippen molar-refractivity contribution >= 4 is 39.1 Å². The van der Waals surface area contributed by atoms with Crippen molar-refractivity contribution in [3.8, 4) is 0 Å². The van der Waals surface area contributed by atoms with Gasteiger partial charge in [-0.25, -0.2) is 8.42 Å². The van der Waals surface area contributed by atoms with Gasteiger partial charge in [0.2, 0.25) is 21.8 Å². The van der Waals surface area contributed by atoms with Gasteiger partial charge in [0.25, 0.3) is 0 Å². The van der Waals surface area contributed by atoms with Crippen LogP contribution in [0.3, 0.4) is 0 Å². The second-order valence-electron chi connectivity index (χ2n) is 8.53. The van der Waals surface area contributed by atoms with Crippen LogP contribution in [0, 0.1) is 13.8 Å². The van der Waals surface area contributed by atoms with Crippen LogP contribution in [-0.2, 0) is 26.2 Å². The third kappa shape index (κ3) is 7.74. The molecule has 1 N–H and O–H groups in total. The van der Waals surface area contributed by atoms with Crippen LogP contribution in [0.15, 0.2) is 42.5 Å². The predicted octanol–water partition coefficient (Wildman–Crippen LogP) is 4.06. The second-order valence-corrected chi connectivity index (χ2v) is 10.9. The van der Waals surface area contributed by atoms with Crippen LogP contribution in [0.2, 0.25) is 5.02 Å². The standard InChI is InChI=1S/C25H34ClN3O4S/c1-6-7-13-27-25(31)20(4)28(16-21-10-8-9-18(2)14-21)24(30)17-29(34(5,32)33)23-15-22(26)12-11-19(23)3/h8-12,14-15,20H,6-7,13,16-17H2,1-5H3,(H,27,31). The molecule has 0 aliphatic rings. The van der Waals surface area contributed by atoms with E-state index in [0.717, 1.165) is 34.5 Å². The van der Waals surface area contributed by atoms with Crippen molar-refractivity contribution in [2.45, 2.75) is 53.1 Å². The van der Waals surface area contributed by atoms with E-state index in [1.165, 1.54) is 11.0 Å². The summed E-state index contributed by atoms with van der Waals surface area (Å²) in [5.74, 6) is -0.760. The average molecular weight is 508 g/mol. The summed E-state index contributed by atoms with van der Waals surface area (Å²) in [7, 11) is -3.80. The maximum atomic E-state index is 13.5. The molecule has 2 amide bonds. The monoisotopic (exact) mass is 507 g/mol. The van der Waals surface area contributed by atoms with E-state index in [4.69, 9.17) is 11.6 Å². The van der Waals surface area contributed by atoms with Crippen LogP contribution in [0.25, 0.3) is 0 Å². The topological polar surface area (TPSA) is 86.8 Å². The zero-order valence-electron chi connectivity index (χ0n) is 20.5. The number of rotatable bonds is 11. The number of anilines is 1. The first-order valence-corrected chi connectivity index (χ1v) is 13.5.